The zero-order valence-electron chi connectivity index (χ0n) is 11.7. The molecule has 1 N–H and O–H groups in total. The molecule has 0 saturated heterocycles. The molecule has 118 valence electrons. The third-order valence-corrected chi connectivity index (χ3v) is 3.45. The topological polar surface area (TPSA) is 72.8 Å². The van der Waals surface area contributed by atoms with Crippen molar-refractivity contribution in [1.29, 1.82) is 0 Å². The molecule has 7 heteroatoms. The molecule has 1 heterocycles. The maximum atomic E-state index is 14.5. The van der Waals surface area contributed by atoms with Gasteiger partial charge in [0.05, 0.1) is 6.61 Å². The number of carboxylic acids is 1. The van der Waals surface area contributed by atoms with Crippen LogP contribution in [-0.2, 0) is 19.1 Å². The van der Waals surface area contributed by atoms with E-state index < -0.39 is 35.9 Å². The first-order valence-electron chi connectivity index (χ1n) is 6.61. The predicted molar refractivity (Wildman–Crippen MR) is 76.1 cm³/mol. The van der Waals surface area contributed by atoms with E-state index in [4.69, 9.17) is 26.2 Å². The number of ether oxygens (including phenoxy) is 2. The quantitative estimate of drug-likeness (QED) is 0.860. The minimum absolute atomic E-state index is 0.0670. The summed E-state index contributed by atoms with van der Waals surface area (Å²) in [4.78, 5) is 22.9. The van der Waals surface area contributed by atoms with E-state index in [9.17, 15) is 14.0 Å². The van der Waals surface area contributed by atoms with Crippen LogP contribution in [0.1, 0.15) is 24.8 Å². The zero-order valence-corrected chi connectivity index (χ0v) is 12.5. The van der Waals surface area contributed by atoms with E-state index in [0.717, 1.165) is 0 Å². The molecule has 0 bridgehead atoms. The fourth-order valence-electron chi connectivity index (χ4n) is 2.14. The first-order valence-corrected chi connectivity index (χ1v) is 6.99. The van der Waals surface area contributed by atoms with Crippen molar-refractivity contribution in [3.63, 3.8) is 0 Å². The molecule has 5 nitrogen and oxygen atoms in total. The molecule has 0 spiro atoms. The van der Waals surface area contributed by atoms with Gasteiger partial charge in [0.2, 0.25) is 5.76 Å². The van der Waals surface area contributed by atoms with Crippen LogP contribution >= 0.6 is 11.6 Å². The van der Waals surface area contributed by atoms with Crippen LogP contribution in [-0.4, -0.2) is 29.5 Å². The van der Waals surface area contributed by atoms with Gasteiger partial charge in [-0.15, -0.1) is 0 Å². The van der Waals surface area contributed by atoms with Gasteiger partial charge >= 0.3 is 17.8 Å². The van der Waals surface area contributed by atoms with Crippen molar-refractivity contribution in [2.24, 2.45) is 0 Å². The largest absolute Gasteiger partial charge is 0.476 e. The highest BCUT2D eigenvalue weighted by atomic mass is 35.5. The van der Waals surface area contributed by atoms with Gasteiger partial charge < -0.3 is 14.6 Å². The van der Waals surface area contributed by atoms with Crippen LogP contribution in [0.5, 0.6) is 0 Å². The van der Waals surface area contributed by atoms with Gasteiger partial charge in [-0.3, -0.25) is 0 Å². The number of carbonyl (C=O) groups is 2. The number of halogens is 2. The van der Waals surface area contributed by atoms with Crippen LogP contribution < -0.4 is 0 Å². The maximum absolute atomic E-state index is 14.5. The maximum Gasteiger partial charge on any atom is 0.382 e. The minimum Gasteiger partial charge on any atom is -0.476 e. The van der Waals surface area contributed by atoms with Crippen molar-refractivity contribution in [2.45, 2.75) is 25.1 Å². The van der Waals surface area contributed by atoms with Gasteiger partial charge in [0.15, 0.2) is 0 Å². The average Bonchev–Trinajstić information content (AvgIpc) is 2.47. The Morgan fingerprint density at radius 1 is 1.45 bits per heavy atom. The van der Waals surface area contributed by atoms with Crippen LogP contribution in [0.15, 0.2) is 36.1 Å². The summed E-state index contributed by atoms with van der Waals surface area (Å²) < 4.78 is 23.9. The fourth-order valence-corrected chi connectivity index (χ4v) is 2.27. The molecule has 0 aliphatic carbocycles. The van der Waals surface area contributed by atoms with Crippen molar-refractivity contribution >= 4 is 23.5 Å². The highest BCUT2D eigenvalue weighted by molar-refractivity contribution is 6.30. The van der Waals surface area contributed by atoms with Crippen molar-refractivity contribution < 1.29 is 28.6 Å². The summed E-state index contributed by atoms with van der Waals surface area (Å²) in [5.74, 6) is -6.77. The van der Waals surface area contributed by atoms with E-state index in [-0.39, 0.29) is 6.61 Å². The lowest BCUT2D eigenvalue weighted by Gasteiger charge is -2.31. The fraction of sp³-hybridized carbons (Fsp3) is 0.333. The van der Waals surface area contributed by atoms with Crippen molar-refractivity contribution in [1.82, 2.24) is 0 Å². The molecular formula is C15H14ClFO5. The number of esters is 1. The molecule has 2 atom stereocenters. The Morgan fingerprint density at radius 3 is 2.64 bits per heavy atom. The second-order valence-corrected chi connectivity index (χ2v) is 5.19. The smallest absolute Gasteiger partial charge is 0.382 e. The molecule has 0 radical (unpaired) electrons. The Bertz CT molecular complexity index is 613. The van der Waals surface area contributed by atoms with E-state index >= 15 is 0 Å². The first-order chi connectivity index (χ1) is 10.4. The number of allylic oxidation sites excluding steroid dienone is 1. The predicted octanol–water partition coefficient (Wildman–Crippen LogP) is 3.04. The summed E-state index contributed by atoms with van der Waals surface area (Å²) in [6, 6.07) is 6.48. The Kier molecular flexibility index (Phi) is 4.71. The van der Waals surface area contributed by atoms with E-state index in [1.54, 1.807) is 31.2 Å². The highest BCUT2D eigenvalue weighted by Crippen LogP contribution is 2.38. The van der Waals surface area contributed by atoms with Crippen LogP contribution in [0.25, 0.3) is 0 Å². The molecule has 2 unspecified atom stereocenters. The van der Waals surface area contributed by atoms with Gasteiger partial charge in [-0.25, -0.2) is 9.59 Å². The molecule has 2 rings (SSSR count). The number of carboxylic acid groups (broad SMARTS) is 1. The SMILES string of the molecule is CCOC(=O)C1=CC(c2ccc(Cl)cc2)CC(F)(C(=O)O)O1. The first kappa shape index (κ1) is 16.3. The molecule has 1 aromatic carbocycles. The summed E-state index contributed by atoms with van der Waals surface area (Å²) in [5.41, 5.74) is 0.623. The van der Waals surface area contributed by atoms with Crippen molar-refractivity contribution in [3.05, 3.63) is 46.7 Å². The third kappa shape index (κ3) is 3.39. The number of hydrogen-bond acceptors (Lipinski definition) is 4. The second kappa shape index (κ2) is 6.36. The summed E-state index contributed by atoms with van der Waals surface area (Å²) in [5, 5.41) is 9.53. The second-order valence-electron chi connectivity index (χ2n) is 4.75. The van der Waals surface area contributed by atoms with Gasteiger partial charge in [0.25, 0.3) is 0 Å². The number of benzene rings is 1. The highest BCUT2D eigenvalue weighted by Gasteiger charge is 2.48. The van der Waals surface area contributed by atoms with Gasteiger partial charge in [-0.2, -0.15) is 4.39 Å². The molecule has 1 aliphatic heterocycles. The Morgan fingerprint density at radius 2 is 2.09 bits per heavy atom. The summed E-state index contributed by atoms with van der Waals surface area (Å²) in [6.07, 6.45) is 0.912. The summed E-state index contributed by atoms with van der Waals surface area (Å²) >= 11 is 5.80. The number of carbonyl (C=O) groups excluding carboxylic acids is 1. The summed E-state index contributed by atoms with van der Waals surface area (Å²) in [6.45, 7) is 1.65. The molecule has 0 fully saturated rings. The number of rotatable bonds is 4. The number of aliphatic carboxylic acids is 1. The third-order valence-electron chi connectivity index (χ3n) is 3.20. The molecule has 1 aliphatic rings. The lowest BCUT2D eigenvalue weighted by molar-refractivity contribution is -0.193. The lowest BCUT2D eigenvalue weighted by atomic mass is 9.89. The summed E-state index contributed by atoms with van der Waals surface area (Å²) in [7, 11) is 0. The van der Waals surface area contributed by atoms with Gasteiger partial charge in [0.1, 0.15) is 0 Å². The van der Waals surface area contributed by atoms with E-state index in [1.165, 1.54) is 6.08 Å². The molecule has 0 aromatic heterocycles. The standard InChI is InChI=1S/C15H14ClFO5/c1-2-21-13(18)12-7-10(8-15(17,22-12)14(19)20)9-3-5-11(16)6-4-9/h3-7,10H,2,8H2,1H3,(H,19,20). The van der Waals surface area contributed by atoms with E-state index in [2.05, 4.69) is 0 Å². The molecular weight excluding hydrogens is 315 g/mol. The normalized spacial score (nSPS) is 24.1. The van der Waals surface area contributed by atoms with E-state index in [0.29, 0.717) is 10.6 Å². The molecule has 22 heavy (non-hydrogen) atoms. The number of hydrogen-bond donors (Lipinski definition) is 1. The number of alkyl halides is 1. The lowest BCUT2D eigenvalue weighted by Crippen LogP contribution is -2.41. The van der Waals surface area contributed by atoms with Crippen molar-refractivity contribution in [2.75, 3.05) is 6.61 Å². The molecule has 1 aromatic rings. The Balaban J connectivity index is 2.38. The Hall–Kier alpha value is -2.08. The van der Waals surface area contributed by atoms with Gasteiger partial charge in [0, 0.05) is 17.4 Å². The zero-order chi connectivity index (χ0) is 16.3. The monoisotopic (exact) mass is 328 g/mol. The van der Waals surface area contributed by atoms with Crippen LogP contribution in [0.2, 0.25) is 5.02 Å². The molecule has 0 amide bonds. The van der Waals surface area contributed by atoms with Crippen LogP contribution in [0.4, 0.5) is 4.39 Å². The van der Waals surface area contributed by atoms with Crippen LogP contribution in [0, 0.1) is 0 Å². The van der Waals surface area contributed by atoms with Gasteiger partial charge in [-0.05, 0) is 30.7 Å². The van der Waals surface area contributed by atoms with Gasteiger partial charge in [-0.1, -0.05) is 23.7 Å². The van der Waals surface area contributed by atoms with E-state index in [1.807, 2.05) is 0 Å². The van der Waals surface area contributed by atoms with Crippen LogP contribution in [0.3, 0.4) is 0 Å². The Labute approximate surface area is 131 Å². The van der Waals surface area contributed by atoms with Crippen molar-refractivity contribution in [3.8, 4) is 0 Å². The molecule has 0 saturated carbocycles. The average molecular weight is 329 g/mol. The minimum atomic E-state index is -2.98.